The summed E-state index contributed by atoms with van der Waals surface area (Å²) in [5.74, 6) is -0.187. The van der Waals surface area contributed by atoms with E-state index < -0.39 is 0 Å². The second kappa shape index (κ2) is 3.42. The normalized spacial score (nSPS) is 11.6. The molecule has 0 bridgehead atoms. The van der Waals surface area contributed by atoms with Gasteiger partial charge in [0.2, 0.25) is 0 Å². The molecule has 0 rings (SSSR count). The van der Waals surface area contributed by atoms with Crippen LogP contribution in [0.2, 0.25) is 0 Å². The first kappa shape index (κ1) is 7.41. The fourth-order valence-corrected chi connectivity index (χ4v) is 0.353. The van der Waals surface area contributed by atoms with Crippen molar-refractivity contribution >= 4 is 0 Å². The standard InChI is InChI=1S/C7H11F/c1-4-5-7(8)6(2)3/h5H,2,4H2,1,3H3/b7-5+. The van der Waals surface area contributed by atoms with Crippen molar-refractivity contribution in [3.63, 3.8) is 0 Å². The van der Waals surface area contributed by atoms with Crippen LogP contribution >= 0.6 is 0 Å². The minimum absolute atomic E-state index is 0.187. The Kier molecular flexibility index (Phi) is 3.16. The summed E-state index contributed by atoms with van der Waals surface area (Å²) in [6.07, 6.45) is 2.25. The van der Waals surface area contributed by atoms with Gasteiger partial charge in [-0.3, -0.25) is 0 Å². The van der Waals surface area contributed by atoms with E-state index in [2.05, 4.69) is 6.58 Å². The largest absolute Gasteiger partial charge is 0.207 e. The Bertz CT molecular complexity index is 112. The first-order valence-electron chi connectivity index (χ1n) is 2.70. The molecule has 0 radical (unpaired) electrons. The van der Waals surface area contributed by atoms with Crippen molar-refractivity contribution in [2.75, 3.05) is 0 Å². The van der Waals surface area contributed by atoms with Crippen molar-refractivity contribution in [2.45, 2.75) is 20.3 Å². The van der Waals surface area contributed by atoms with E-state index in [0.717, 1.165) is 6.42 Å². The molecule has 0 fully saturated rings. The maximum absolute atomic E-state index is 12.3. The summed E-state index contributed by atoms with van der Waals surface area (Å²) in [6, 6.07) is 0. The summed E-state index contributed by atoms with van der Waals surface area (Å²) in [5.41, 5.74) is 0.506. The summed E-state index contributed by atoms with van der Waals surface area (Å²) in [5, 5.41) is 0. The van der Waals surface area contributed by atoms with Gasteiger partial charge < -0.3 is 0 Å². The van der Waals surface area contributed by atoms with Crippen LogP contribution in [0.5, 0.6) is 0 Å². The molecule has 0 aromatic heterocycles. The lowest BCUT2D eigenvalue weighted by atomic mass is 10.3. The van der Waals surface area contributed by atoms with Gasteiger partial charge in [0.15, 0.2) is 0 Å². The predicted molar refractivity (Wildman–Crippen MR) is 34.3 cm³/mol. The van der Waals surface area contributed by atoms with Gasteiger partial charge in [0.25, 0.3) is 0 Å². The topological polar surface area (TPSA) is 0 Å². The molecule has 0 nitrogen and oxygen atoms in total. The van der Waals surface area contributed by atoms with E-state index in [1.807, 2.05) is 6.92 Å². The number of halogens is 1. The maximum Gasteiger partial charge on any atom is 0.121 e. The van der Waals surface area contributed by atoms with E-state index in [0.29, 0.717) is 5.57 Å². The van der Waals surface area contributed by atoms with E-state index >= 15 is 0 Å². The Morgan fingerprint density at radius 2 is 2.25 bits per heavy atom. The minimum Gasteiger partial charge on any atom is -0.207 e. The summed E-state index contributed by atoms with van der Waals surface area (Å²) in [7, 11) is 0. The first-order chi connectivity index (χ1) is 3.68. The van der Waals surface area contributed by atoms with E-state index in [1.165, 1.54) is 6.08 Å². The number of hydrogen-bond acceptors (Lipinski definition) is 0. The molecule has 46 valence electrons. The molecule has 0 aromatic rings. The zero-order valence-electron chi connectivity index (χ0n) is 5.37. The molecule has 0 aliphatic heterocycles. The molecule has 0 aromatic carbocycles. The molecule has 0 heterocycles. The van der Waals surface area contributed by atoms with Crippen molar-refractivity contribution in [3.05, 3.63) is 24.1 Å². The van der Waals surface area contributed by atoms with Crippen LogP contribution < -0.4 is 0 Å². The molecular formula is C7H11F. The fraction of sp³-hybridized carbons (Fsp3) is 0.429. The van der Waals surface area contributed by atoms with Gasteiger partial charge in [0.1, 0.15) is 5.83 Å². The molecule has 0 aliphatic rings. The van der Waals surface area contributed by atoms with Gasteiger partial charge in [-0.1, -0.05) is 13.5 Å². The van der Waals surface area contributed by atoms with E-state index in [4.69, 9.17) is 0 Å². The first-order valence-corrected chi connectivity index (χ1v) is 2.70. The highest BCUT2D eigenvalue weighted by Gasteiger charge is 1.89. The maximum atomic E-state index is 12.3. The molecule has 0 atom stereocenters. The lowest BCUT2D eigenvalue weighted by Gasteiger charge is -1.89. The third kappa shape index (κ3) is 2.56. The molecule has 0 N–H and O–H groups in total. The monoisotopic (exact) mass is 114 g/mol. The van der Waals surface area contributed by atoms with Gasteiger partial charge in [-0.15, -0.1) is 0 Å². The quantitative estimate of drug-likeness (QED) is 0.484. The third-order valence-corrected chi connectivity index (χ3v) is 0.791. The second-order valence-corrected chi connectivity index (χ2v) is 1.74. The van der Waals surface area contributed by atoms with Gasteiger partial charge in [-0.25, -0.2) is 4.39 Å². The minimum atomic E-state index is -0.187. The van der Waals surface area contributed by atoms with Gasteiger partial charge in [0.05, 0.1) is 0 Å². The Hall–Kier alpha value is -0.590. The molecule has 0 amide bonds. The lowest BCUT2D eigenvalue weighted by molar-refractivity contribution is 0.647. The zero-order chi connectivity index (χ0) is 6.57. The van der Waals surface area contributed by atoms with Gasteiger partial charge in [-0.05, 0) is 25.0 Å². The van der Waals surface area contributed by atoms with Crippen LogP contribution in [0.4, 0.5) is 4.39 Å². The van der Waals surface area contributed by atoms with Crippen molar-refractivity contribution in [2.24, 2.45) is 0 Å². The highest BCUT2D eigenvalue weighted by molar-refractivity contribution is 5.18. The van der Waals surface area contributed by atoms with Gasteiger partial charge in [-0.2, -0.15) is 0 Å². The zero-order valence-corrected chi connectivity index (χ0v) is 5.37. The van der Waals surface area contributed by atoms with Crippen molar-refractivity contribution in [1.82, 2.24) is 0 Å². The van der Waals surface area contributed by atoms with Gasteiger partial charge in [0, 0.05) is 0 Å². The molecule has 0 saturated carbocycles. The van der Waals surface area contributed by atoms with Crippen molar-refractivity contribution in [3.8, 4) is 0 Å². The fourth-order valence-electron chi connectivity index (χ4n) is 0.353. The van der Waals surface area contributed by atoms with Crippen LogP contribution in [-0.2, 0) is 0 Å². The van der Waals surface area contributed by atoms with Crippen LogP contribution in [0, 0.1) is 0 Å². The van der Waals surface area contributed by atoms with Crippen LogP contribution in [-0.4, -0.2) is 0 Å². The average molecular weight is 114 g/mol. The Balaban J connectivity index is 3.80. The molecule has 1 heteroatoms. The number of hydrogen-bond donors (Lipinski definition) is 0. The van der Waals surface area contributed by atoms with E-state index in [1.54, 1.807) is 6.92 Å². The highest BCUT2D eigenvalue weighted by atomic mass is 19.1. The molecule has 0 aliphatic carbocycles. The summed E-state index contributed by atoms with van der Waals surface area (Å²) in [4.78, 5) is 0. The molecule has 0 spiro atoms. The number of rotatable bonds is 2. The smallest absolute Gasteiger partial charge is 0.121 e. The van der Waals surface area contributed by atoms with Crippen LogP contribution in [0.1, 0.15) is 20.3 Å². The average Bonchev–Trinajstić information content (AvgIpc) is 1.67. The van der Waals surface area contributed by atoms with Crippen LogP contribution in [0.3, 0.4) is 0 Å². The summed E-state index contributed by atoms with van der Waals surface area (Å²) in [6.45, 7) is 6.98. The lowest BCUT2D eigenvalue weighted by Crippen LogP contribution is -1.71. The molecular weight excluding hydrogens is 103 g/mol. The number of allylic oxidation sites excluding steroid dienone is 3. The van der Waals surface area contributed by atoms with Crippen molar-refractivity contribution in [1.29, 1.82) is 0 Å². The molecule has 0 unspecified atom stereocenters. The highest BCUT2D eigenvalue weighted by Crippen LogP contribution is 2.07. The third-order valence-electron chi connectivity index (χ3n) is 0.791. The summed E-state index contributed by atoms with van der Waals surface area (Å²) < 4.78 is 12.3. The van der Waals surface area contributed by atoms with Crippen LogP contribution in [0.25, 0.3) is 0 Å². The van der Waals surface area contributed by atoms with E-state index in [-0.39, 0.29) is 5.83 Å². The Morgan fingerprint density at radius 1 is 1.75 bits per heavy atom. The Morgan fingerprint density at radius 3 is 2.38 bits per heavy atom. The van der Waals surface area contributed by atoms with Crippen molar-refractivity contribution < 1.29 is 4.39 Å². The van der Waals surface area contributed by atoms with Crippen LogP contribution in [0.15, 0.2) is 24.1 Å². The SMILES string of the molecule is C=C(C)/C(F)=C\CC. The molecule has 0 saturated heterocycles. The molecule has 8 heavy (non-hydrogen) atoms. The van der Waals surface area contributed by atoms with Gasteiger partial charge >= 0.3 is 0 Å². The Labute approximate surface area is 49.7 Å². The second-order valence-electron chi connectivity index (χ2n) is 1.74. The summed E-state index contributed by atoms with van der Waals surface area (Å²) >= 11 is 0. The predicted octanol–water partition coefficient (Wildman–Crippen LogP) is 2.83. The van der Waals surface area contributed by atoms with E-state index in [9.17, 15) is 4.39 Å².